The molecule has 2 aromatic rings. The van der Waals surface area contributed by atoms with Crippen molar-refractivity contribution in [3.05, 3.63) is 51.7 Å². The lowest BCUT2D eigenvalue weighted by Gasteiger charge is -2.12. The van der Waals surface area contributed by atoms with Crippen LogP contribution < -0.4 is 10.5 Å². The zero-order valence-corrected chi connectivity index (χ0v) is 11.7. The zero-order chi connectivity index (χ0) is 13.3. The van der Waals surface area contributed by atoms with Crippen molar-refractivity contribution in [3.63, 3.8) is 0 Å². The fourth-order valence-electron chi connectivity index (χ4n) is 1.63. The van der Waals surface area contributed by atoms with Gasteiger partial charge in [0.1, 0.15) is 17.3 Å². The summed E-state index contributed by atoms with van der Waals surface area (Å²) in [5.74, 6) is 0.873. The second kappa shape index (κ2) is 4.98. The van der Waals surface area contributed by atoms with Crippen LogP contribution in [0.2, 0.25) is 0 Å². The lowest BCUT2D eigenvalue weighted by atomic mass is 10.1. The number of nitrogen functional groups attached to an aromatic ring is 1. The SMILES string of the molecule is Cc1ccc(Oc2ccc(N)cc2Br)c(C)c1F. The molecule has 0 aromatic heterocycles. The van der Waals surface area contributed by atoms with Crippen LogP contribution in [0, 0.1) is 19.7 Å². The number of anilines is 1. The van der Waals surface area contributed by atoms with Crippen LogP contribution in [0.4, 0.5) is 10.1 Å². The number of hydrogen-bond donors (Lipinski definition) is 1. The first-order valence-corrected chi connectivity index (χ1v) is 6.27. The Bertz CT molecular complexity index is 599. The van der Waals surface area contributed by atoms with Gasteiger partial charge in [-0.15, -0.1) is 0 Å². The van der Waals surface area contributed by atoms with Gasteiger partial charge in [0.05, 0.1) is 4.47 Å². The van der Waals surface area contributed by atoms with Crippen LogP contribution in [0.15, 0.2) is 34.8 Å². The first kappa shape index (κ1) is 12.9. The van der Waals surface area contributed by atoms with E-state index in [1.807, 2.05) is 0 Å². The van der Waals surface area contributed by atoms with Crippen molar-refractivity contribution in [2.45, 2.75) is 13.8 Å². The van der Waals surface area contributed by atoms with Gasteiger partial charge >= 0.3 is 0 Å². The molecule has 0 heterocycles. The molecule has 0 radical (unpaired) electrons. The number of halogens is 2. The molecule has 2 nitrogen and oxygen atoms in total. The van der Waals surface area contributed by atoms with Crippen molar-refractivity contribution in [1.82, 2.24) is 0 Å². The van der Waals surface area contributed by atoms with Gasteiger partial charge < -0.3 is 10.5 Å². The van der Waals surface area contributed by atoms with Gasteiger partial charge in [-0.25, -0.2) is 4.39 Å². The molecule has 0 aliphatic heterocycles. The van der Waals surface area contributed by atoms with Gasteiger partial charge in [0, 0.05) is 11.3 Å². The molecule has 0 amide bonds. The zero-order valence-electron chi connectivity index (χ0n) is 10.1. The third kappa shape index (κ3) is 2.48. The van der Waals surface area contributed by atoms with Crippen LogP contribution in [-0.4, -0.2) is 0 Å². The Balaban J connectivity index is 2.37. The molecule has 0 bridgehead atoms. The second-order valence-electron chi connectivity index (χ2n) is 4.11. The molecule has 0 atom stereocenters. The number of nitrogens with two attached hydrogens (primary N) is 1. The summed E-state index contributed by atoms with van der Waals surface area (Å²) in [7, 11) is 0. The lowest BCUT2D eigenvalue weighted by Crippen LogP contribution is -1.94. The Morgan fingerprint density at radius 3 is 2.44 bits per heavy atom. The summed E-state index contributed by atoms with van der Waals surface area (Å²) < 4.78 is 20.2. The molecule has 2 aromatic carbocycles. The van der Waals surface area contributed by atoms with Crippen LogP contribution in [0.25, 0.3) is 0 Å². The molecule has 0 saturated carbocycles. The van der Waals surface area contributed by atoms with Crippen molar-refractivity contribution in [3.8, 4) is 11.5 Å². The van der Waals surface area contributed by atoms with Crippen molar-refractivity contribution >= 4 is 21.6 Å². The van der Waals surface area contributed by atoms with Crippen molar-refractivity contribution in [2.75, 3.05) is 5.73 Å². The summed E-state index contributed by atoms with van der Waals surface area (Å²) in [6.45, 7) is 3.42. The molecular formula is C14H13BrFNO. The van der Waals surface area contributed by atoms with Gasteiger partial charge in [0.25, 0.3) is 0 Å². The maximum atomic E-state index is 13.7. The van der Waals surface area contributed by atoms with Crippen LogP contribution in [0.3, 0.4) is 0 Å². The number of aryl methyl sites for hydroxylation is 1. The molecular weight excluding hydrogens is 297 g/mol. The van der Waals surface area contributed by atoms with E-state index in [1.54, 1.807) is 44.2 Å². The van der Waals surface area contributed by atoms with Crippen LogP contribution >= 0.6 is 15.9 Å². The molecule has 2 rings (SSSR count). The van der Waals surface area contributed by atoms with Gasteiger partial charge in [-0.2, -0.15) is 0 Å². The lowest BCUT2D eigenvalue weighted by molar-refractivity contribution is 0.467. The highest BCUT2D eigenvalue weighted by atomic mass is 79.9. The molecule has 4 heteroatoms. The van der Waals surface area contributed by atoms with Gasteiger partial charge in [-0.3, -0.25) is 0 Å². The molecule has 2 N–H and O–H groups in total. The van der Waals surface area contributed by atoms with E-state index in [-0.39, 0.29) is 5.82 Å². The quantitative estimate of drug-likeness (QED) is 0.824. The minimum atomic E-state index is -0.237. The number of benzene rings is 2. The highest BCUT2D eigenvalue weighted by Crippen LogP contribution is 2.33. The molecule has 94 valence electrons. The highest BCUT2D eigenvalue weighted by Gasteiger charge is 2.10. The number of rotatable bonds is 2. The van der Waals surface area contributed by atoms with E-state index in [1.165, 1.54) is 0 Å². The van der Waals surface area contributed by atoms with E-state index >= 15 is 0 Å². The third-order valence-corrected chi connectivity index (χ3v) is 3.33. The summed E-state index contributed by atoms with van der Waals surface area (Å²) in [4.78, 5) is 0. The predicted octanol–water partition coefficient (Wildman–Crippen LogP) is 4.58. The average molecular weight is 310 g/mol. The van der Waals surface area contributed by atoms with Gasteiger partial charge in [-0.1, -0.05) is 6.07 Å². The third-order valence-electron chi connectivity index (χ3n) is 2.71. The highest BCUT2D eigenvalue weighted by molar-refractivity contribution is 9.10. The van der Waals surface area contributed by atoms with Crippen LogP contribution in [0.1, 0.15) is 11.1 Å². The maximum Gasteiger partial charge on any atom is 0.141 e. The minimum absolute atomic E-state index is 0.237. The fourth-order valence-corrected chi connectivity index (χ4v) is 2.11. The Morgan fingerprint density at radius 2 is 1.78 bits per heavy atom. The molecule has 0 spiro atoms. The molecule has 0 aliphatic rings. The first-order valence-electron chi connectivity index (χ1n) is 5.47. The normalized spacial score (nSPS) is 10.4. The number of ether oxygens (including phenoxy) is 1. The van der Waals surface area contributed by atoms with E-state index in [0.29, 0.717) is 28.3 Å². The van der Waals surface area contributed by atoms with E-state index in [0.717, 1.165) is 4.47 Å². The minimum Gasteiger partial charge on any atom is -0.456 e. The van der Waals surface area contributed by atoms with Crippen molar-refractivity contribution < 1.29 is 9.13 Å². The Hall–Kier alpha value is -1.55. The summed E-state index contributed by atoms with van der Waals surface area (Å²) in [6.07, 6.45) is 0. The van der Waals surface area contributed by atoms with E-state index in [2.05, 4.69) is 15.9 Å². The Morgan fingerprint density at radius 1 is 1.11 bits per heavy atom. The fraction of sp³-hybridized carbons (Fsp3) is 0.143. The Kier molecular flexibility index (Phi) is 3.57. The molecule has 0 aliphatic carbocycles. The first-order chi connectivity index (χ1) is 8.49. The Labute approximate surface area is 114 Å². The summed E-state index contributed by atoms with van der Waals surface area (Å²) in [5, 5.41) is 0. The van der Waals surface area contributed by atoms with E-state index < -0.39 is 0 Å². The summed E-state index contributed by atoms with van der Waals surface area (Å²) in [5.41, 5.74) is 7.40. The number of hydrogen-bond acceptors (Lipinski definition) is 2. The molecule has 0 unspecified atom stereocenters. The van der Waals surface area contributed by atoms with E-state index in [4.69, 9.17) is 10.5 Å². The van der Waals surface area contributed by atoms with Crippen LogP contribution in [0.5, 0.6) is 11.5 Å². The maximum absolute atomic E-state index is 13.7. The van der Waals surface area contributed by atoms with Gasteiger partial charge in [0.15, 0.2) is 0 Å². The second-order valence-corrected chi connectivity index (χ2v) is 4.97. The smallest absolute Gasteiger partial charge is 0.141 e. The van der Waals surface area contributed by atoms with Crippen molar-refractivity contribution in [2.24, 2.45) is 0 Å². The van der Waals surface area contributed by atoms with E-state index in [9.17, 15) is 4.39 Å². The largest absolute Gasteiger partial charge is 0.456 e. The molecule has 0 fully saturated rings. The van der Waals surface area contributed by atoms with Crippen LogP contribution in [-0.2, 0) is 0 Å². The topological polar surface area (TPSA) is 35.2 Å². The standard InChI is InChI=1S/C14H13BrFNO/c1-8-3-5-12(9(2)14(8)16)18-13-6-4-10(17)7-11(13)15/h3-7H,17H2,1-2H3. The van der Waals surface area contributed by atoms with Gasteiger partial charge in [0.2, 0.25) is 0 Å². The van der Waals surface area contributed by atoms with Crippen molar-refractivity contribution in [1.29, 1.82) is 0 Å². The van der Waals surface area contributed by atoms with Gasteiger partial charge in [-0.05, 0) is 59.6 Å². The summed E-state index contributed by atoms with van der Waals surface area (Å²) >= 11 is 3.36. The predicted molar refractivity (Wildman–Crippen MR) is 74.5 cm³/mol. The monoisotopic (exact) mass is 309 g/mol. The molecule has 0 saturated heterocycles. The summed E-state index contributed by atoms with van der Waals surface area (Å²) in [6, 6.07) is 8.69. The average Bonchev–Trinajstić information content (AvgIpc) is 2.33. The molecule has 18 heavy (non-hydrogen) atoms.